The van der Waals surface area contributed by atoms with Gasteiger partial charge in [-0.2, -0.15) is 0 Å². The third-order valence-corrected chi connectivity index (χ3v) is 2.99. The van der Waals surface area contributed by atoms with Crippen molar-refractivity contribution in [2.24, 2.45) is 5.84 Å². The highest BCUT2D eigenvalue weighted by atomic mass is 19.1. The summed E-state index contributed by atoms with van der Waals surface area (Å²) in [5, 5.41) is 0. The van der Waals surface area contributed by atoms with Crippen molar-refractivity contribution in [3.8, 4) is 0 Å². The zero-order chi connectivity index (χ0) is 14.7. The molecule has 3 N–H and O–H groups in total. The van der Waals surface area contributed by atoms with Crippen molar-refractivity contribution in [3.63, 3.8) is 0 Å². The zero-order valence-corrected chi connectivity index (χ0v) is 10.9. The van der Waals surface area contributed by atoms with Gasteiger partial charge >= 0.3 is 0 Å². The molecule has 1 amide bonds. The smallest absolute Gasteiger partial charge is 0.265 e. The lowest BCUT2D eigenvalue weighted by Crippen LogP contribution is -2.30. The molecular formula is C14H14FN3O2. The Bertz CT molecular complexity index is 710. The number of pyridine rings is 1. The number of hydrogen-bond acceptors (Lipinski definition) is 3. The Kier molecular flexibility index (Phi) is 3.95. The van der Waals surface area contributed by atoms with Gasteiger partial charge in [0.15, 0.2) is 0 Å². The number of aromatic nitrogens is 1. The highest BCUT2D eigenvalue weighted by Gasteiger charge is 2.10. The van der Waals surface area contributed by atoms with Crippen LogP contribution in [0.2, 0.25) is 0 Å². The maximum absolute atomic E-state index is 13.8. The minimum atomic E-state index is -0.511. The molecule has 0 unspecified atom stereocenters. The zero-order valence-electron chi connectivity index (χ0n) is 10.9. The predicted molar refractivity (Wildman–Crippen MR) is 72.6 cm³/mol. The second-order valence-corrected chi connectivity index (χ2v) is 4.40. The van der Waals surface area contributed by atoms with Crippen molar-refractivity contribution in [1.82, 2.24) is 9.99 Å². The number of carbonyl (C=O) groups is 1. The Labute approximate surface area is 114 Å². The SMILES string of the molecule is Cc1cccn(Cc2cc(C(=O)NN)ccc2F)c1=O. The van der Waals surface area contributed by atoms with Crippen molar-refractivity contribution in [3.05, 3.63) is 69.4 Å². The van der Waals surface area contributed by atoms with Gasteiger partial charge in [0, 0.05) is 22.9 Å². The molecule has 6 heteroatoms. The second-order valence-electron chi connectivity index (χ2n) is 4.40. The average Bonchev–Trinajstić information content (AvgIpc) is 2.45. The number of halogens is 1. The van der Waals surface area contributed by atoms with Crippen molar-refractivity contribution in [2.45, 2.75) is 13.5 Å². The molecule has 0 saturated heterocycles. The molecule has 0 atom stereocenters. The van der Waals surface area contributed by atoms with Gasteiger partial charge in [-0.3, -0.25) is 15.0 Å². The van der Waals surface area contributed by atoms with Crippen LogP contribution in [0.15, 0.2) is 41.3 Å². The molecule has 1 heterocycles. The molecular weight excluding hydrogens is 261 g/mol. The van der Waals surface area contributed by atoms with Crippen LogP contribution in [0.5, 0.6) is 0 Å². The summed E-state index contributed by atoms with van der Waals surface area (Å²) in [5.41, 5.74) is 2.85. The fourth-order valence-electron chi connectivity index (χ4n) is 1.89. The molecule has 0 fully saturated rings. The first kappa shape index (κ1) is 14.0. The van der Waals surface area contributed by atoms with Crippen LogP contribution in [0.3, 0.4) is 0 Å². The first-order valence-electron chi connectivity index (χ1n) is 5.98. The summed E-state index contributed by atoms with van der Waals surface area (Å²) in [6.45, 7) is 1.74. The molecule has 0 aliphatic heterocycles. The van der Waals surface area contributed by atoms with E-state index in [1.165, 1.54) is 22.8 Å². The monoisotopic (exact) mass is 275 g/mol. The van der Waals surface area contributed by atoms with Gasteiger partial charge < -0.3 is 4.57 Å². The molecule has 2 aromatic rings. The van der Waals surface area contributed by atoms with E-state index in [4.69, 9.17) is 5.84 Å². The van der Waals surface area contributed by atoms with Gasteiger partial charge in [-0.25, -0.2) is 10.2 Å². The topological polar surface area (TPSA) is 77.1 Å². The summed E-state index contributed by atoms with van der Waals surface area (Å²) in [6.07, 6.45) is 1.57. The minimum Gasteiger partial charge on any atom is -0.311 e. The molecule has 0 radical (unpaired) electrons. The highest BCUT2D eigenvalue weighted by molar-refractivity contribution is 5.93. The molecule has 0 saturated carbocycles. The normalized spacial score (nSPS) is 10.3. The Morgan fingerprint density at radius 1 is 1.40 bits per heavy atom. The maximum Gasteiger partial charge on any atom is 0.265 e. The predicted octanol–water partition coefficient (Wildman–Crippen LogP) is 0.948. The van der Waals surface area contributed by atoms with E-state index in [1.807, 2.05) is 5.43 Å². The third kappa shape index (κ3) is 2.75. The van der Waals surface area contributed by atoms with E-state index >= 15 is 0 Å². The minimum absolute atomic E-state index is 0.0536. The number of rotatable bonds is 3. The number of nitrogen functional groups attached to an aromatic ring is 1. The lowest BCUT2D eigenvalue weighted by atomic mass is 10.1. The van der Waals surface area contributed by atoms with E-state index in [0.29, 0.717) is 5.56 Å². The number of nitrogens with zero attached hydrogens (tertiary/aromatic N) is 1. The Morgan fingerprint density at radius 3 is 2.85 bits per heavy atom. The van der Waals surface area contributed by atoms with Crippen LogP contribution < -0.4 is 16.8 Å². The standard InChI is InChI=1S/C14H14FN3O2/c1-9-3-2-6-18(14(9)20)8-11-7-10(13(19)17-16)4-5-12(11)15/h2-7H,8,16H2,1H3,(H,17,19). The van der Waals surface area contributed by atoms with Crippen LogP contribution in [0, 0.1) is 12.7 Å². The molecule has 20 heavy (non-hydrogen) atoms. The Balaban J connectivity index is 2.40. The Hall–Kier alpha value is -2.47. The van der Waals surface area contributed by atoms with Gasteiger partial charge in [-0.05, 0) is 31.2 Å². The van der Waals surface area contributed by atoms with E-state index in [9.17, 15) is 14.0 Å². The molecule has 0 aliphatic carbocycles. The number of hydrazine groups is 1. The number of nitrogens with one attached hydrogen (secondary N) is 1. The molecule has 5 nitrogen and oxygen atoms in total. The largest absolute Gasteiger partial charge is 0.311 e. The summed E-state index contributed by atoms with van der Waals surface area (Å²) in [5.74, 6) is 4.05. The Morgan fingerprint density at radius 2 is 2.15 bits per heavy atom. The fraction of sp³-hybridized carbons (Fsp3) is 0.143. The number of amides is 1. The molecule has 2 rings (SSSR count). The molecule has 1 aromatic heterocycles. The average molecular weight is 275 g/mol. The number of carbonyl (C=O) groups excluding carboxylic acids is 1. The van der Waals surface area contributed by atoms with Gasteiger partial charge in [0.05, 0.1) is 6.54 Å². The maximum atomic E-state index is 13.8. The van der Waals surface area contributed by atoms with Crippen LogP contribution in [0.4, 0.5) is 4.39 Å². The summed E-state index contributed by atoms with van der Waals surface area (Å²) in [6, 6.07) is 7.30. The third-order valence-electron chi connectivity index (χ3n) is 2.99. The fourth-order valence-corrected chi connectivity index (χ4v) is 1.89. The summed E-state index contributed by atoms with van der Waals surface area (Å²) in [7, 11) is 0. The summed E-state index contributed by atoms with van der Waals surface area (Å²) in [4.78, 5) is 23.3. The molecule has 0 aliphatic rings. The van der Waals surface area contributed by atoms with Crippen LogP contribution in [0.1, 0.15) is 21.5 Å². The summed E-state index contributed by atoms with van der Waals surface area (Å²) >= 11 is 0. The van der Waals surface area contributed by atoms with Gasteiger partial charge in [0.2, 0.25) is 0 Å². The number of nitrogens with two attached hydrogens (primary N) is 1. The van der Waals surface area contributed by atoms with Crippen LogP contribution in [0.25, 0.3) is 0 Å². The lowest BCUT2D eigenvalue weighted by Gasteiger charge is -2.09. The molecule has 0 bridgehead atoms. The lowest BCUT2D eigenvalue weighted by molar-refractivity contribution is 0.0953. The van der Waals surface area contributed by atoms with Gasteiger partial charge in [-0.1, -0.05) is 6.07 Å². The molecule has 1 aromatic carbocycles. The summed E-state index contributed by atoms with van der Waals surface area (Å²) < 4.78 is 15.2. The van der Waals surface area contributed by atoms with E-state index in [-0.39, 0.29) is 23.2 Å². The number of aryl methyl sites for hydroxylation is 1. The van der Waals surface area contributed by atoms with E-state index in [2.05, 4.69) is 0 Å². The highest BCUT2D eigenvalue weighted by Crippen LogP contribution is 2.12. The van der Waals surface area contributed by atoms with Gasteiger partial charge in [0.25, 0.3) is 11.5 Å². The second kappa shape index (κ2) is 5.66. The quantitative estimate of drug-likeness (QED) is 0.497. The van der Waals surface area contributed by atoms with Crippen molar-refractivity contribution in [2.75, 3.05) is 0 Å². The molecule has 104 valence electrons. The number of benzene rings is 1. The van der Waals surface area contributed by atoms with Crippen LogP contribution >= 0.6 is 0 Å². The van der Waals surface area contributed by atoms with Crippen LogP contribution in [-0.4, -0.2) is 10.5 Å². The first-order valence-corrected chi connectivity index (χ1v) is 5.98. The van der Waals surface area contributed by atoms with E-state index < -0.39 is 11.7 Å². The van der Waals surface area contributed by atoms with Crippen molar-refractivity contribution >= 4 is 5.91 Å². The van der Waals surface area contributed by atoms with E-state index in [0.717, 1.165) is 0 Å². The van der Waals surface area contributed by atoms with Gasteiger partial charge in [0.1, 0.15) is 5.82 Å². The van der Waals surface area contributed by atoms with E-state index in [1.54, 1.807) is 25.3 Å². The first-order chi connectivity index (χ1) is 9.52. The number of hydrogen-bond donors (Lipinski definition) is 2. The van der Waals surface area contributed by atoms with Gasteiger partial charge in [-0.15, -0.1) is 0 Å². The van der Waals surface area contributed by atoms with Crippen molar-refractivity contribution in [1.29, 1.82) is 0 Å². The molecule has 0 spiro atoms. The van der Waals surface area contributed by atoms with Crippen molar-refractivity contribution < 1.29 is 9.18 Å². The van der Waals surface area contributed by atoms with Crippen LogP contribution in [-0.2, 0) is 6.54 Å².